The van der Waals surface area contributed by atoms with E-state index in [-0.39, 0.29) is 5.56 Å². The number of carbonyl (C=O) groups is 1. The zero-order valence-corrected chi connectivity index (χ0v) is 11.7. The summed E-state index contributed by atoms with van der Waals surface area (Å²) < 4.78 is 0. The van der Waals surface area contributed by atoms with Crippen LogP contribution in [0.15, 0.2) is 24.5 Å². The van der Waals surface area contributed by atoms with Crippen molar-refractivity contribution in [3.8, 4) is 0 Å². The fourth-order valence-electron chi connectivity index (χ4n) is 3.84. The van der Waals surface area contributed by atoms with E-state index in [2.05, 4.69) is 14.9 Å². The Kier molecular flexibility index (Phi) is 2.80. The van der Waals surface area contributed by atoms with Gasteiger partial charge in [-0.15, -0.1) is 0 Å². The molecule has 1 saturated heterocycles. The molecule has 1 aromatic heterocycles. The molecule has 2 fully saturated rings. The molecule has 5 nitrogen and oxygen atoms in total. The molecule has 1 N–H and O–H groups in total. The highest BCUT2D eigenvalue weighted by atomic mass is 16.4. The SMILES string of the molecule is O=C(O)c1ccc2c(N3CC4CCCC4C3)ncnc2c1. The van der Waals surface area contributed by atoms with Crippen molar-refractivity contribution >= 4 is 22.7 Å². The summed E-state index contributed by atoms with van der Waals surface area (Å²) in [6.45, 7) is 2.13. The van der Waals surface area contributed by atoms with Crippen molar-refractivity contribution in [2.75, 3.05) is 18.0 Å². The molecule has 0 amide bonds. The largest absolute Gasteiger partial charge is 0.478 e. The number of benzene rings is 1. The van der Waals surface area contributed by atoms with Gasteiger partial charge >= 0.3 is 5.97 Å². The molecular formula is C16H17N3O2. The summed E-state index contributed by atoms with van der Waals surface area (Å²) in [5.74, 6) is 1.63. The third kappa shape index (κ3) is 2.04. The van der Waals surface area contributed by atoms with Gasteiger partial charge in [-0.05, 0) is 42.9 Å². The zero-order chi connectivity index (χ0) is 14.4. The molecule has 108 valence electrons. The summed E-state index contributed by atoms with van der Waals surface area (Å²) >= 11 is 0. The summed E-state index contributed by atoms with van der Waals surface area (Å²) in [6.07, 6.45) is 5.55. The first-order chi connectivity index (χ1) is 10.2. The van der Waals surface area contributed by atoms with Gasteiger partial charge in [-0.25, -0.2) is 14.8 Å². The van der Waals surface area contributed by atoms with Gasteiger partial charge in [0.1, 0.15) is 12.1 Å². The lowest BCUT2D eigenvalue weighted by atomic mass is 10.0. The van der Waals surface area contributed by atoms with Gasteiger partial charge in [0.2, 0.25) is 0 Å². The molecule has 4 rings (SSSR count). The number of aromatic nitrogens is 2. The van der Waals surface area contributed by atoms with Crippen molar-refractivity contribution in [3.63, 3.8) is 0 Å². The Balaban J connectivity index is 1.74. The predicted octanol–water partition coefficient (Wildman–Crippen LogP) is 2.56. The fraction of sp³-hybridized carbons (Fsp3) is 0.438. The van der Waals surface area contributed by atoms with Crippen molar-refractivity contribution in [1.29, 1.82) is 0 Å². The molecule has 1 aromatic carbocycles. The van der Waals surface area contributed by atoms with E-state index in [0.717, 1.165) is 36.1 Å². The Morgan fingerprint density at radius 1 is 1.19 bits per heavy atom. The zero-order valence-electron chi connectivity index (χ0n) is 11.7. The molecule has 2 aromatic rings. The van der Waals surface area contributed by atoms with Gasteiger partial charge in [0.25, 0.3) is 0 Å². The molecule has 2 unspecified atom stereocenters. The normalized spacial score (nSPS) is 24.5. The Morgan fingerprint density at radius 2 is 1.95 bits per heavy atom. The van der Waals surface area contributed by atoms with Crippen LogP contribution in [0.1, 0.15) is 29.6 Å². The molecule has 1 aliphatic heterocycles. The molecule has 0 bridgehead atoms. The lowest BCUT2D eigenvalue weighted by molar-refractivity contribution is 0.0697. The second kappa shape index (κ2) is 4.69. The van der Waals surface area contributed by atoms with Crippen molar-refractivity contribution in [3.05, 3.63) is 30.1 Å². The maximum absolute atomic E-state index is 11.1. The predicted molar refractivity (Wildman–Crippen MR) is 79.5 cm³/mol. The van der Waals surface area contributed by atoms with Gasteiger partial charge in [0, 0.05) is 18.5 Å². The van der Waals surface area contributed by atoms with Crippen LogP contribution in [-0.4, -0.2) is 34.1 Å². The smallest absolute Gasteiger partial charge is 0.335 e. The molecule has 1 saturated carbocycles. The van der Waals surface area contributed by atoms with E-state index in [4.69, 9.17) is 5.11 Å². The number of rotatable bonds is 2. The van der Waals surface area contributed by atoms with Crippen LogP contribution in [0, 0.1) is 11.8 Å². The molecule has 2 aliphatic rings. The van der Waals surface area contributed by atoms with E-state index in [1.54, 1.807) is 12.1 Å². The van der Waals surface area contributed by atoms with Crippen molar-refractivity contribution in [2.45, 2.75) is 19.3 Å². The Bertz CT molecular complexity index is 704. The van der Waals surface area contributed by atoms with Crippen molar-refractivity contribution in [2.24, 2.45) is 11.8 Å². The minimum Gasteiger partial charge on any atom is -0.478 e. The highest BCUT2D eigenvalue weighted by Crippen LogP contribution is 2.40. The molecule has 0 radical (unpaired) electrons. The number of carboxylic acids is 1. The molecule has 2 heterocycles. The average molecular weight is 283 g/mol. The van der Waals surface area contributed by atoms with E-state index >= 15 is 0 Å². The van der Waals surface area contributed by atoms with Crippen LogP contribution in [0.5, 0.6) is 0 Å². The van der Waals surface area contributed by atoms with Crippen LogP contribution < -0.4 is 4.90 Å². The van der Waals surface area contributed by atoms with Gasteiger partial charge < -0.3 is 10.0 Å². The van der Waals surface area contributed by atoms with Gasteiger partial charge in [0.15, 0.2) is 0 Å². The molecule has 21 heavy (non-hydrogen) atoms. The number of aromatic carboxylic acids is 1. The number of anilines is 1. The van der Waals surface area contributed by atoms with Crippen LogP contribution >= 0.6 is 0 Å². The van der Waals surface area contributed by atoms with Crippen molar-refractivity contribution < 1.29 is 9.90 Å². The quantitative estimate of drug-likeness (QED) is 0.917. The molecule has 1 aliphatic carbocycles. The Labute approximate surface area is 122 Å². The average Bonchev–Trinajstić information content (AvgIpc) is 3.07. The summed E-state index contributed by atoms with van der Waals surface area (Å²) in [6, 6.07) is 5.09. The first-order valence-corrected chi connectivity index (χ1v) is 7.45. The second-order valence-electron chi connectivity index (χ2n) is 6.09. The third-order valence-electron chi connectivity index (χ3n) is 4.89. The fourth-order valence-corrected chi connectivity index (χ4v) is 3.84. The van der Waals surface area contributed by atoms with E-state index < -0.39 is 5.97 Å². The minimum atomic E-state index is -0.923. The minimum absolute atomic E-state index is 0.269. The monoisotopic (exact) mass is 283 g/mol. The van der Waals surface area contributed by atoms with E-state index in [1.807, 2.05) is 6.07 Å². The topological polar surface area (TPSA) is 66.3 Å². The summed E-state index contributed by atoms with van der Waals surface area (Å²) in [5, 5.41) is 10.0. The maximum Gasteiger partial charge on any atom is 0.335 e. The molecule has 0 spiro atoms. The maximum atomic E-state index is 11.1. The van der Waals surface area contributed by atoms with Crippen molar-refractivity contribution in [1.82, 2.24) is 9.97 Å². The Hall–Kier alpha value is -2.17. The lowest BCUT2D eigenvalue weighted by Crippen LogP contribution is -2.22. The summed E-state index contributed by atoms with van der Waals surface area (Å²) in [5.41, 5.74) is 0.974. The van der Waals surface area contributed by atoms with Crippen LogP contribution in [0.4, 0.5) is 5.82 Å². The Morgan fingerprint density at radius 3 is 2.67 bits per heavy atom. The third-order valence-corrected chi connectivity index (χ3v) is 4.89. The van der Waals surface area contributed by atoms with Crippen LogP contribution in [0.25, 0.3) is 10.9 Å². The standard InChI is InChI=1S/C16H17N3O2/c20-16(21)10-4-5-13-14(6-10)17-9-18-15(13)19-7-11-2-1-3-12(11)8-19/h4-6,9,11-12H,1-3,7-8H2,(H,20,21). The molecular weight excluding hydrogens is 266 g/mol. The number of fused-ring (bicyclic) bond motifs is 2. The number of nitrogens with zero attached hydrogens (tertiary/aromatic N) is 3. The van der Waals surface area contributed by atoms with E-state index in [9.17, 15) is 4.79 Å². The van der Waals surface area contributed by atoms with Crippen LogP contribution in [-0.2, 0) is 0 Å². The number of hydrogen-bond acceptors (Lipinski definition) is 4. The lowest BCUT2D eigenvalue weighted by Gasteiger charge is -2.19. The van der Waals surface area contributed by atoms with E-state index in [1.165, 1.54) is 25.6 Å². The van der Waals surface area contributed by atoms with Gasteiger partial charge in [0.05, 0.1) is 11.1 Å². The van der Waals surface area contributed by atoms with Gasteiger partial charge in [-0.3, -0.25) is 0 Å². The number of hydrogen-bond donors (Lipinski definition) is 1. The van der Waals surface area contributed by atoms with E-state index in [0.29, 0.717) is 5.52 Å². The van der Waals surface area contributed by atoms with Crippen LogP contribution in [0.2, 0.25) is 0 Å². The first-order valence-electron chi connectivity index (χ1n) is 7.45. The van der Waals surface area contributed by atoms with Gasteiger partial charge in [-0.1, -0.05) is 6.42 Å². The summed E-state index contributed by atoms with van der Waals surface area (Å²) in [7, 11) is 0. The molecule has 5 heteroatoms. The van der Waals surface area contributed by atoms with Crippen LogP contribution in [0.3, 0.4) is 0 Å². The van der Waals surface area contributed by atoms with Gasteiger partial charge in [-0.2, -0.15) is 0 Å². The summed E-state index contributed by atoms with van der Waals surface area (Å²) in [4.78, 5) is 22.1. The highest BCUT2D eigenvalue weighted by Gasteiger charge is 2.37. The number of carboxylic acid groups (broad SMARTS) is 1. The molecule has 2 atom stereocenters. The second-order valence-corrected chi connectivity index (χ2v) is 6.09. The first kappa shape index (κ1) is 12.6. The highest BCUT2D eigenvalue weighted by molar-refractivity contribution is 5.96.